The van der Waals surface area contributed by atoms with Crippen LogP contribution in [0.25, 0.3) is 0 Å². The van der Waals surface area contributed by atoms with Gasteiger partial charge in [-0.2, -0.15) is 0 Å². The molecule has 1 saturated heterocycles. The molecule has 1 fully saturated rings. The van der Waals surface area contributed by atoms with E-state index in [1.165, 1.54) is 5.56 Å². The van der Waals surface area contributed by atoms with Crippen LogP contribution in [0.2, 0.25) is 0 Å². The Morgan fingerprint density at radius 2 is 2.24 bits per heavy atom. The second kappa shape index (κ2) is 6.48. The minimum absolute atomic E-state index is 0.211. The quantitative estimate of drug-likeness (QED) is 0.801. The minimum Gasteiger partial charge on any atom is -0.435 e. The fourth-order valence-corrected chi connectivity index (χ4v) is 3.15. The van der Waals surface area contributed by atoms with E-state index in [4.69, 9.17) is 9.47 Å². The molecule has 0 unspecified atom stereocenters. The molecule has 0 bridgehead atoms. The number of benzene rings is 1. The number of carbonyl (C=O) groups is 1. The molecule has 116 valence electrons. The van der Waals surface area contributed by atoms with Gasteiger partial charge in [0.25, 0.3) is 0 Å². The predicted octanol–water partition coefficient (Wildman–Crippen LogP) is 3.34. The molecule has 4 nitrogen and oxygen atoms in total. The highest BCUT2D eigenvalue weighted by atomic mass is 16.7. The normalized spacial score (nSPS) is 26.4. The van der Waals surface area contributed by atoms with Crippen LogP contribution in [0.5, 0.6) is 0 Å². The van der Waals surface area contributed by atoms with Crippen LogP contribution < -0.4 is 0 Å². The third-order valence-electron chi connectivity index (χ3n) is 4.28. The highest BCUT2D eigenvalue weighted by Crippen LogP contribution is 2.41. The molecule has 0 aliphatic carbocycles. The Labute approximate surface area is 127 Å². The molecule has 2 atom stereocenters. The maximum atomic E-state index is 11.9. The predicted molar refractivity (Wildman–Crippen MR) is 82.2 cm³/mol. The van der Waals surface area contributed by atoms with Gasteiger partial charge < -0.3 is 14.4 Å². The van der Waals surface area contributed by atoms with Gasteiger partial charge in [0, 0.05) is 25.4 Å². The summed E-state index contributed by atoms with van der Waals surface area (Å²) in [5.41, 5.74) is 1.65. The first-order chi connectivity index (χ1) is 9.98. The number of aryl methyl sites for hydroxylation is 1. The first-order valence-electron chi connectivity index (χ1n) is 7.59. The molecule has 1 aliphatic heterocycles. The molecule has 1 aliphatic rings. The Morgan fingerprint density at radius 3 is 2.86 bits per heavy atom. The van der Waals surface area contributed by atoms with Crippen molar-refractivity contribution in [3.8, 4) is 0 Å². The zero-order chi connectivity index (χ0) is 15.5. The Kier molecular flexibility index (Phi) is 4.88. The van der Waals surface area contributed by atoms with Crippen LogP contribution in [0.4, 0.5) is 4.79 Å². The van der Waals surface area contributed by atoms with Crippen LogP contribution >= 0.6 is 0 Å². The maximum Gasteiger partial charge on any atom is 0.509 e. The molecular formula is C17H25NO3. The highest BCUT2D eigenvalue weighted by Gasteiger charge is 2.45. The number of nitrogens with zero attached hydrogens (tertiary/aromatic N) is 1. The number of hydrogen-bond donors (Lipinski definition) is 0. The summed E-state index contributed by atoms with van der Waals surface area (Å²) >= 11 is 0. The average Bonchev–Trinajstić information content (AvgIpc) is 2.42. The van der Waals surface area contributed by atoms with Gasteiger partial charge in [-0.1, -0.05) is 36.8 Å². The van der Waals surface area contributed by atoms with Crippen molar-refractivity contribution in [2.24, 2.45) is 5.92 Å². The SMILES string of the molecule is CCOC(=O)O[C@@]1(c2cccc(C)c2)CCN(C)C[C@@H]1C. The van der Waals surface area contributed by atoms with E-state index in [-0.39, 0.29) is 5.92 Å². The maximum absolute atomic E-state index is 11.9. The zero-order valence-corrected chi connectivity index (χ0v) is 13.4. The van der Waals surface area contributed by atoms with Crippen LogP contribution in [0.3, 0.4) is 0 Å². The van der Waals surface area contributed by atoms with E-state index < -0.39 is 11.8 Å². The molecule has 1 aromatic rings. The minimum atomic E-state index is -0.592. The molecule has 0 radical (unpaired) electrons. The average molecular weight is 291 g/mol. The molecule has 1 aromatic carbocycles. The Morgan fingerprint density at radius 1 is 1.48 bits per heavy atom. The molecule has 0 amide bonds. The van der Waals surface area contributed by atoms with Crippen molar-refractivity contribution in [1.29, 1.82) is 0 Å². The third kappa shape index (κ3) is 3.38. The Bertz CT molecular complexity index is 503. The number of carbonyl (C=O) groups excluding carboxylic acids is 1. The summed E-state index contributed by atoms with van der Waals surface area (Å²) in [4.78, 5) is 14.2. The zero-order valence-electron chi connectivity index (χ0n) is 13.4. The number of likely N-dealkylation sites (tertiary alicyclic amines) is 1. The van der Waals surface area contributed by atoms with Crippen molar-refractivity contribution in [3.05, 3.63) is 35.4 Å². The van der Waals surface area contributed by atoms with Crippen molar-refractivity contribution in [2.75, 3.05) is 26.7 Å². The van der Waals surface area contributed by atoms with Gasteiger partial charge >= 0.3 is 6.16 Å². The molecular weight excluding hydrogens is 266 g/mol. The molecule has 2 rings (SSSR count). The van der Waals surface area contributed by atoms with Gasteiger partial charge in [-0.25, -0.2) is 4.79 Å². The second-order valence-corrected chi connectivity index (χ2v) is 5.96. The summed E-state index contributed by atoms with van der Waals surface area (Å²) in [5.74, 6) is 0.211. The number of piperidine rings is 1. The van der Waals surface area contributed by atoms with Crippen molar-refractivity contribution < 1.29 is 14.3 Å². The van der Waals surface area contributed by atoms with Crippen LogP contribution in [-0.4, -0.2) is 37.8 Å². The van der Waals surface area contributed by atoms with Gasteiger partial charge in [-0.15, -0.1) is 0 Å². The highest BCUT2D eigenvalue weighted by molar-refractivity contribution is 5.61. The lowest BCUT2D eigenvalue weighted by atomic mass is 9.76. The number of rotatable bonds is 3. The lowest BCUT2D eigenvalue weighted by Gasteiger charge is -2.45. The summed E-state index contributed by atoms with van der Waals surface area (Å²) in [7, 11) is 2.10. The monoisotopic (exact) mass is 291 g/mol. The van der Waals surface area contributed by atoms with E-state index in [1.807, 2.05) is 12.1 Å². The van der Waals surface area contributed by atoms with E-state index >= 15 is 0 Å². The van der Waals surface area contributed by atoms with Crippen molar-refractivity contribution in [2.45, 2.75) is 32.8 Å². The van der Waals surface area contributed by atoms with Gasteiger partial charge in [0.05, 0.1) is 6.61 Å². The number of hydrogen-bond acceptors (Lipinski definition) is 4. The van der Waals surface area contributed by atoms with Gasteiger partial charge in [-0.05, 0) is 26.5 Å². The standard InChI is InChI=1S/C17H25NO3/c1-5-20-16(19)21-17(9-10-18(4)12-14(17)3)15-8-6-7-13(2)11-15/h6-8,11,14H,5,9-10,12H2,1-4H3/t14-,17-/m0/s1. The van der Waals surface area contributed by atoms with E-state index in [0.29, 0.717) is 6.61 Å². The summed E-state index contributed by atoms with van der Waals surface area (Å²) in [6.45, 7) is 8.11. The van der Waals surface area contributed by atoms with E-state index in [1.54, 1.807) is 6.92 Å². The number of ether oxygens (including phenoxy) is 2. The van der Waals surface area contributed by atoms with Crippen LogP contribution in [0, 0.1) is 12.8 Å². The molecule has 21 heavy (non-hydrogen) atoms. The fourth-order valence-electron chi connectivity index (χ4n) is 3.15. The summed E-state index contributed by atoms with van der Waals surface area (Å²) in [5, 5.41) is 0. The second-order valence-electron chi connectivity index (χ2n) is 5.96. The largest absolute Gasteiger partial charge is 0.509 e. The summed E-state index contributed by atoms with van der Waals surface area (Å²) in [6.07, 6.45) is 0.211. The van der Waals surface area contributed by atoms with Crippen molar-refractivity contribution in [1.82, 2.24) is 4.90 Å². The molecule has 0 spiro atoms. The Hall–Kier alpha value is -1.55. The lowest BCUT2D eigenvalue weighted by Crippen LogP contribution is -2.50. The van der Waals surface area contributed by atoms with Gasteiger partial charge in [0.1, 0.15) is 5.60 Å². The van der Waals surface area contributed by atoms with Crippen LogP contribution in [0.15, 0.2) is 24.3 Å². The molecule has 4 heteroatoms. The lowest BCUT2D eigenvalue weighted by molar-refractivity contribution is -0.0996. The van der Waals surface area contributed by atoms with E-state index in [2.05, 4.69) is 37.9 Å². The topological polar surface area (TPSA) is 38.8 Å². The van der Waals surface area contributed by atoms with Crippen LogP contribution in [0.1, 0.15) is 31.4 Å². The van der Waals surface area contributed by atoms with E-state index in [0.717, 1.165) is 25.1 Å². The smallest absolute Gasteiger partial charge is 0.435 e. The van der Waals surface area contributed by atoms with Crippen molar-refractivity contribution >= 4 is 6.16 Å². The van der Waals surface area contributed by atoms with Gasteiger partial charge in [0.2, 0.25) is 0 Å². The van der Waals surface area contributed by atoms with E-state index in [9.17, 15) is 4.79 Å². The van der Waals surface area contributed by atoms with Crippen molar-refractivity contribution in [3.63, 3.8) is 0 Å². The summed E-state index contributed by atoms with van der Waals surface area (Å²) in [6, 6.07) is 8.24. The molecule has 1 heterocycles. The third-order valence-corrected chi connectivity index (χ3v) is 4.28. The van der Waals surface area contributed by atoms with Gasteiger partial charge in [-0.3, -0.25) is 0 Å². The molecule has 0 aromatic heterocycles. The molecule has 0 N–H and O–H groups in total. The Balaban J connectivity index is 2.36. The fraction of sp³-hybridized carbons (Fsp3) is 0.588. The molecule has 0 saturated carbocycles. The summed E-state index contributed by atoms with van der Waals surface area (Å²) < 4.78 is 10.9. The van der Waals surface area contributed by atoms with Gasteiger partial charge in [0.15, 0.2) is 0 Å². The van der Waals surface area contributed by atoms with Crippen LogP contribution in [-0.2, 0) is 15.1 Å². The first kappa shape index (κ1) is 15.8. The first-order valence-corrected chi connectivity index (χ1v) is 7.59.